The van der Waals surface area contributed by atoms with Crippen molar-refractivity contribution in [3.05, 3.63) is 0 Å². The molecule has 0 atom stereocenters. The van der Waals surface area contributed by atoms with Crippen molar-refractivity contribution < 1.29 is 9.31 Å². The van der Waals surface area contributed by atoms with Crippen molar-refractivity contribution in [2.45, 2.75) is 40.7 Å². The van der Waals surface area contributed by atoms with Crippen LogP contribution in [-0.2, 0) is 9.31 Å². The zero-order chi connectivity index (χ0) is 9.57. The Bertz CT molecular complexity index is 166. The van der Waals surface area contributed by atoms with Gasteiger partial charge in [-0.2, -0.15) is 0 Å². The zero-order valence-corrected chi connectivity index (χ0v) is 12.0. The summed E-state index contributed by atoms with van der Waals surface area (Å²) in [5.41, 5.74) is -0.376. The molecule has 1 fully saturated rings. The molecule has 12 heavy (non-hydrogen) atoms. The summed E-state index contributed by atoms with van der Waals surface area (Å²) in [5.74, 6) is 0. The van der Waals surface area contributed by atoms with Crippen molar-refractivity contribution >= 4 is 52.3 Å². The minimum absolute atomic E-state index is 0.0730. The van der Waals surface area contributed by atoms with Crippen LogP contribution in [0.3, 0.4) is 0 Å². The average Bonchev–Trinajstić information content (AvgIpc) is 2.03. The van der Waals surface area contributed by atoms with Gasteiger partial charge in [0.05, 0.1) is 13.0 Å². The lowest BCUT2D eigenvalue weighted by Gasteiger charge is -2.32. The van der Waals surface area contributed by atoms with Gasteiger partial charge in [-0.1, -0.05) is 45.2 Å². The van der Waals surface area contributed by atoms with Crippen molar-refractivity contribution in [1.82, 2.24) is 0 Å². The van der Waals surface area contributed by atoms with Crippen LogP contribution in [0.25, 0.3) is 0 Å². The van der Waals surface area contributed by atoms with Gasteiger partial charge in [0.2, 0.25) is 0 Å². The van der Waals surface area contributed by atoms with E-state index in [0.29, 0.717) is 1.83 Å². The number of halogens is 2. The first kappa shape index (κ1) is 11.5. The van der Waals surface area contributed by atoms with E-state index >= 15 is 0 Å². The molecule has 0 saturated carbocycles. The van der Waals surface area contributed by atoms with Gasteiger partial charge in [0.25, 0.3) is 0 Å². The Morgan fingerprint density at radius 1 is 1.00 bits per heavy atom. The van der Waals surface area contributed by atoms with E-state index in [4.69, 9.17) is 9.31 Å². The molecule has 1 aliphatic heterocycles. The van der Waals surface area contributed by atoms with E-state index in [9.17, 15) is 0 Å². The van der Waals surface area contributed by atoms with Crippen LogP contribution < -0.4 is 0 Å². The number of hydrogen-bond acceptors (Lipinski definition) is 2. The monoisotopic (exact) mass is 394 g/mol. The molecule has 0 amide bonds. The lowest BCUT2D eigenvalue weighted by atomic mass is 9.90. The first-order valence-electron chi connectivity index (χ1n) is 3.90. The van der Waals surface area contributed by atoms with Gasteiger partial charge in [0.1, 0.15) is 0 Å². The van der Waals surface area contributed by atoms with Gasteiger partial charge < -0.3 is 9.31 Å². The van der Waals surface area contributed by atoms with Crippen LogP contribution in [0.1, 0.15) is 27.7 Å². The molecule has 1 rings (SSSR count). The van der Waals surface area contributed by atoms with Crippen LogP contribution in [-0.4, -0.2) is 20.2 Å². The fourth-order valence-corrected chi connectivity index (χ4v) is 1.58. The lowest BCUT2D eigenvalue weighted by molar-refractivity contribution is 0.00578. The highest BCUT2D eigenvalue weighted by molar-refractivity contribution is 14.2. The van der Waals surface area contributed by atoms with Crippen LogP contribution in [0.15, 0.2) is 0 Å². The summed E-state index contributed by atoms with van der Waals surface area (Å²) >= 11 is 4.63. The highest BCUT2D eigenvalue weighted by Crippen LogP contribution is 2.39. The van der Waals surface area contributed by atoms with Gasteiger partial charge in [0, 0.05) is 0 Å². The molecular weight excluding hydrogens is 381 g/mol. The summed E-state index contributed by atoms with van der Waals surface area (Å²) in [6.07, 6.45) is 0. The molecule has 1 aliphatic rings. The summed E-state index contributed by atoms with van der Waals surface area (Å²) < 4.78 is 11.9. The normalized spacial score (nSPS) is 26.8. The molecule has 0 aromatic rings. The van der Waals surface area contributed by atoms with Crippen molar-refractivity contribution in [1.29, 1.82) is 0 Å². The molecule has 1 saturated heterocycles. The highest BCUT2D eigenvalue weighted by atomic mass is 127. The first-order valence-corrected chi connectivity index (χ1v) is 6.39. The standard InChI is InChI=1S/C7H13BI2O2/c1-6(2)7(3,4)12-8(11-6)5(9)10/h5H,1-4H3. The van der Waals surface area contributed by atoms with Crippen LogP contribution in [0.4, 0.5) is 0 Å². The first-order chi connectivity index (χ1) is 5.26. The van der Waals surface area contributed by atoms with E-state index in [0.717, 1.165) is 0 Å². The Hall–Kier alpha value is 1.44. The Labute approximate surface area is 102 Å². The molecule has 0 N–H and O–H groups in total. The minimum atomic E-state index is -0.188. The number of alkyl halides is 2. The Morgan fingerprint density at radius 2 is 1.33 bits per heavy atom. The smallest absolute Gasteiger partial charge is 0.402 e. The maximum atomic E-state index is 5.79. The number of rotatable bonds is 1. The van der Waals surface area contributed by atoms with Crippen LogP contribution in [0, 0.1) is 0 Å². The van der Waals surface area contributed by atoms with E-state index in [1.165, 1.54) is 0 Å². The Balaban J connectivity index is 2.74. The second-order valence-electron chi connectivity index (χ2n) is 3.96. The van der Waals surface area contributed by atoms with E-state index < -0.39 is 0 Å². The third kappa shape index (κ3) is 2.09. The average molecular weight is 394 g/mol. The van der Waals surface area contributed by atoms with E-state index in [-0.39, 0.29) is 18.3 Å². The fourth-order valence-electron chi connectivity index (χ4n) is 0.992. The molecule has 1 heterocycles. The van der Waals surface area contributed by atoms with Gasteiger partial charge in [-0.25, -0.2) is 0 Å². The quantitative estimate of drug-likeness (QED) is 0.387. The Morgan fingerprint density at radius 3 is 1.50 bits per heavy atom. The van der Waals surface area contributed by atoms with Crippen LogP contribution in [0.2, 0.25) is 0 Å². The zero-order valence-electron chi connectivity index (χ0n) is 7.73. The second-order valence-corrected chi connectivity index (χ2v) is 9.03. The molecule has 0 spiro atoms. The molecular formula is C7H13BI2O2. The molecule has 0 bridgehead atoms. The minimum Gasteiger partial charge on any atom is -0.402 e. The molecule has 0 unspecified atom stereocenters. The molecule has 0 aromatic heterocycles. The van der Waals surface area contributed by atoms with Crippen molar-refractivity contribution in [2.24, 2.45) is 0 Å². The van der Waals surface area contributed by atoms with Crippen molar-refractivity contribution in [3.63, 3.8) is 0 Å². The maximum absolute atomic E-state index is 5.79. The lowest BCUT2D eigenvalue weighted by Crippen LogP contribution is -2.41. The topological polar surface area (TPSA) is 18.5 Å². The predicted molar refractivity (Wildman–Crippen MR) is 67.9 cm³/mol. The van der Waals surface area contributed by atoms with Gasteiger partial charge in [-0.05, 0) is 27.7 Å². The highest BCUT2D eigenvalue weighted by Gasteiger charge is 2.52. The molecule has 70 valence electrons. The molecule has 5 heteroatoms. The summed E-state index contributed by atoms with van der Waals surface area (Å²) in [5, 5.41) is 0. The van der Waals surface area contributed by atoms with Gasteiger partial charge in [-0.3, -0.25) is 0 Å². The number of hydrogen-bond donors (Lipinski definition) is 0. The van der Waals surface area contributed by atoms with Gasteiger partial charge >= 0.3 is 7.12 Å². The third-order valence-electron chi connectivity index (χ3n) is 2.48. The molecule has 0 aromatic carbocycles. The molecule has 0 aliphatic carbocycles. The SMILES string of the molecule is CC1(C)OB(C(I)I)OC1(C)C. The third-order valence-corrected chi connectivity index (χ3v) is 3.65. The van der Waals surface area contributed by atoms with E-state index in [1.54, 1.807) is 0 Å². The van der Waals surface area contributed by atoms with Crippen molar-refractivity contribution in [3.8, 4) is 0 Å². The fraction of sp³-hybridized carbons (Fsp3) is 1.00. The predicted octanol–water partition coefficient (Wildman–Crippen LogP) is 2.81. The van der Waals surface area contributed by atoms with Crippen molar-refractivity contribution in [2.75, 3.05) is 0 Å². The van der Waals surface area contributed by atoms with Crippen LogP contribution >= 0.6 is 45.2 Å². The molecule has 0 radical (unpaired) electrons. The van der Waals surface area contributed by atoms with Gasteiger partial charge in [0.15, 0.2) is 0 Å². The summed E-state index contributed by atoms with van der Waals surface area (Å²) in [6, 6.07) is 0. The molecule has 2 nitrogen and oxygen atoms in total. The second kappa shape index (κ2) is 3.54. The maximum Gasteiger partial charge on any atom is 0.482 e. The summed E-state index contributed by atoms with van der Waals surface area (Å²) in [7, 11) is -0.0730. The summed E-state index contributed by atoms with van der Waals surface area (Å²) in [4.78, 5) is 0. The summed E-state index contributed by atoms with van der Waals surface area (Å²) in [6.45, 7) is 8.29. The van der Waals surface area contributed by atoms with Crippen LogP contribution in [0.5, 0.6) is 0 Å². The van der Waals surface area contributed by atoms with E-state index in [2.05, 4.69) is 72.9 Å². The van der Waals surface area contributed by atoms with Gasteiger partial charge in [-0.15, -0.1) is 0 Å². The van der Waals surface area contributed by atoms with E-state index in [1.807, 2.05) is 0 Å². The largest absolute Gasteiger partial charge is 0.482 e. The Kier molecular flexibility index (Phi) is 3.40.